The lowest BCUT2D eigenvalue weighted by molar-refractivity contribution is 1.42. The number of hydrogen-bond acceptors (Lipinski definition) is 3. The number of thiophene rings is 1. The molecule has 1 nitrogen and oxygen atoms in total. The van der Waals surface area contributed by atoms with Gasteiger partial charge < -0.3 is 0 Å². The fraction of sp³-hybridized carbons (Fsp3) is 0.125. The van der Waals surface area contributed by atoms with Gasteiger partial charge in [-0.2, -0.15) is 0 Å². The maximum atomic E-state index is 4.28. The van der Waals surface area contributed by atoms with Crippen molar-refractivity contribution < 1.29 is 0 Å². The normalized spacial score (nSPS) is 10.5. The highest BCUT2D eigenvalue weighted by molar-refractivity contribution is 9.11. The number of nitrogens with zero attached hydrogens (tertiary/aromatic N) is 1. The molecule has 0 N–H and O–H groups in total. The molecule has 0 spiro atoms. The van der Waals surface area contributed by atoms with Crippen LogP contribution in [0.25, 0.3) is 9.88 Å². The van der Waals surface area contributed by atoms with Crippen molar-refractivity contribution in [3.8, 4) is 9.88 Å². The quantitative estimate of drug-likeness (QED) is 0.756. The smallest absolute Gasteiger partial charge is 0.134 e. The SMILES string of the molecule is Cc1ccc(-c2ncc(Br)s2)s1. The van der Waals surface area contributed by atoms with Gasteiger partial charge in [0.25, 0.3) is 0 Å². The Hall–Kier alpha value is -0.190. The van der Waals surface area contributed by atoms with Gasteiger partial charge in [0, 0.05) is 4.88 Å². The second-order valence-corrected chi connectivity index (χ2v) is 6.08. The van der Waals surface area contributed by atoms with E-state index in [0.29, 0.717) is 0 Å². The van der Waals surface area contributed by atoms with Crippen LogP contribution in [0.5, 0.6) is 0 Å². The molecule has 0 aliphatic heterocycles. The summed E-state index contributed by atoms with van der Waals surface area (Å²) in [5.74, 6) is 0. The summed E-state index contributed by atoms with van der Waals surface area (Å²) >= 11 is 6.85. The van der Waals surface area contributed by atoms with Gasteiger partial charge in [-0.25, -0.2) is 4.98 Å². The van der Waals surface area contributed by atoms with Crippen molar-refractivity contribution in [3.05, 3.63) is 27.0 Å². The molecule has 2 aromatic rings. The number of thiazole rings is 1. The zero-order chi connectivity index (χ0) is 8.55. The molecule has 62 valence electrons. The van der Waals surface area contributed by atoms with Crippen LogP contribution in [0.4, 0.5) is 0 Å². The van der Waals surface area contributed by atoms with Gasteiger partial charge in [0.05, 0.1) is 14.9 Å². The first-order chi connectivity index (χ1) is 5.75. The van der Waals surface area contributed by atoms with E-state index in [4.69, 9.17) is 0 Å². The summed E-state index contributed by atoms with van der Waals surface area (Å²) in [5, 5.41) is 1.10. The molecule has 0 bridgehead atoms. The van der Waals surface area contributed by atoms with E-state index in [-0.39, 0.29) is 0 Å². The van der Waals surface area contributed by atoms with E-state index in [0.717, 1.165) is 8.79 Å². The molecule has 0 fully saturated rings. The fourth-order valence-electron chi connectivity index (χ4n) is 0.918. The maximum absolute atomic E-state index is 4.28. The van der Waals surface area contributed by atoms with E-state index in [9.17, 15) is 0 Å². The Kier molecular flexibility index (Phi) is 2.30. The molecule has 12 heavy (non-hydrogen) atoms. The summed E-state index contributed by atoms with van der Waals surface area (Å²) in [5.41, 5.74) is 0. The molecule has 0 unspecified atom stereocenters. The van der Waals surface area contributed by atoms with Crippen LogP contribution in [0.1, 0.15) is 4.88 Å². The molecule has 0 radical (unpaired) electrons. The molecule has 0 amide bonds. The lowest BCUT2D eigenvalue weighted by Crippen LogP contribution is -1.63. The molecular weight excluding hydrogens is 254 g/mol. The van der Waals surface area contributed by atoms with Crippen LogP contribution in [0, 0.1) is 6.92 Å². The van der Waals surface area contributed by atoms with Crippen LogP contribution in [0.3, 0.4) is 0 Å². The third kappa shape index (κ3) is 1.60. The van der Waals surface area contributed by atoms with Crippen molar-refractivity contribution >= 4 is 38.6 Å². The Morgan fingerprint density at radius 1 is 1.33 bits per heavy atom. The van der Waals surface area contributed by atoms with E-state index in [1.54, 1.807) is 22.7 Å². The zero-order valence-corrected chi connectivity index (χ0v) is 9.59. The van der Waals surface area contributed by atoms with Crippen LogP contribution in [-0.2, 0) is 0 Å². The number of halogens is 1. The average molecular weight is 260 g/mol. The standard InChI is InChI=1S/C8H6BrNS2/c1-5-2-3-6(11-5)8-10-4-7(9)12-8/h2-4H,1H3. The summed E-state index contributed by atoms with van der Waals surface area (Å²) in [6.45, 7) is 2.11. The first-order valence-corrected chi connectivity index (χ1v) is 5.86. The van der Waals surface area contributed by atoms with Crippen molar-refractivity contribution in [2.75, 3.05) is 0 Å². The van der Waals surface area contributed by atoms with Crippen LogP contribution in [0.15, 0.2) is 22.1 Å². The molecule has 4 heteroatoms. The predicted octanol–water partition coefficient (Wildman–Crippen LogP) is 3.94. The van der Waals surface area contributed by atoms with E-state index in [1.165, 1.54) is 9.75 Å². The van der Waals surface area contributed by atoms with E-state index < -0.39 is 0 Å². The van der Waals surface area contributed by atoms with Gasteiger partial charge in [-0.3, -0.25) is 0 Å². The second kappa shape index (κ2) is 3.28. The van der Waals surface area contributed by atoms with E-state index in [1.807, 2.05) is 6.20 Å². The molecule has 0 atom stereocenters. The Labute approximate surface area is 87.2 Å². The van der Waals surface area contributed by atoms with Gasteiger partial charge in [-0.1, -0.05) is 0 Å². The minimum absolute atomic E-state index is 1.09. The van der Waals surface area contributed by atoms with E-state index in [2.05, 4.69) is 40.0 Å². The molecular formula is C8H6BrNS2. The Bertz CT molecular complexity index is 353. The zero-order valence-electron chi connectivity index (χ0n) is 6.37. The molecule has 0 saturated carbocycles. The minimum Gasteiger partial charge on any atom is -0.242 e. The largest absolute Gasteiger partial charge is 0.242 e. The van der Waals surface area contributed by atoms with Crippen molar-refractivity contribution in [1.82, 2.24) is 4.98 Å². The Morgan fingerprint density at radius 2 is 2.17 bits per heavy atom. The third-order valence-corrected chi connectivity index (χ3v) is 4.07. The molecule has 0 aromatic carbocycles. The number of hydrogen-bond donors (Lipinski definition) is 0. The van der Waals surface area contributed by atoms with Crippen LogP contribution < -0.4 is 0 Å². The highest BCUT2D eigenvalue weighted by Gasteiger charge is 2.04. The third-order valence-electron chi connectivity index (χ3n) is 1.43. The number of rotatable bonds is 1. The molecule has 0 saturated heterocycles. The van der Waals surface area contributed by atoms with Gasteiger partial charge in [-0.15, -0.1) is 22.7 Å². The fourth-order valence-corrected chi connectivity index (χ4v) is 3.05. The minimum atomic E-state index is 1.09. The van der Waals surface area contributed by atoms with Crippen LogP contribution in [0.2, 0.25) is 0 Å². The van der Waals surface area contributed by atoms with Crippen molar-refractivity contribution in [2.24, 2.45) is 0 Å². The van der Waals surface area contributed by atoms with Gasteiger partial charge in [0.1, 0.15) is 5.01 Å². The first kappa shape index (κ1) is 8.41. The van der Waals surface area contributed by atoms with Crippen molar-refractivity contribution in [1.29, 1.82) is 0 Å². The summed E-state index contributed by atoms with van der Waals surface area (Å²) in [6.07, 6.45) is 1.84. The van der Waals surface area contributed by atoms with Gasteiger partial charge in [-0.05, 0) is 35.0 Å². The van der Waals surface area contributed by atoms with Crippen molar-refractivity contribution in [2.45, 2.75) is 6.92 Å². The van der Waals surface area contributed by atoms with Gasteiger partial charge in [0.2, 0.25) is 0 Å². The maximum Gasteiger partial charge on any atom is 0.134 e. The topological polar surface area (TPSA) is 12.9 Å². The predicted molar refractivity (Wildman–Crippen MR) is 57.9 cm³/mol. The summed E-state index contributed by atoms with van der Waals surface area (Å²) in [7, 11) is 0. The number of aromatic nitrogens is 1. The average Bonchev–Trinajstić information content (AvgIpc) is 2.58. The Morgan fingerprint density at radius 3 is 2.67 bits per heavy atom. The Balaban J connectivity index is 2.43. The first-order valence-electron chi connectivity index (χ1n) is 3.44. The summed E-state index contributed by atoms with van der Waals surface area (Å²) < 4.78 is 1.09. The highest BCUT2D eigenvalue weighted by atomic mass is 79.9. The lowest BCUT2D eigenvalue weighted by Gasteiger charge is -1.84. The molecule has 2 rings (SSSR count). The lowest BCUT2D eigenvalue weighted by atomic mass is 10.4. The van der Waals surface area contributed by atoms with Crippen molar-refractivity contribution in [3.63, 3.8) is 0 Å². The van der Waals surface area contributed by atoms with Gasteiger partial charge >= 0.3 is 0 Å². The van der Waals surface area contributed by atoms with Crippen LogP contribution in [-0.4, -0.2) is 4.98 Å². The summed E-state index contributed by atoms with van der Waals surface area (Å²) in [4.78, 5) is 6.86. The summed E-state index contributed by atoms with van der Waals surface area (Å²) in [6, 6.07) is 4.24. The molecule has 2 heterocycles. The molecule has 2 aromatic heterocycles. The molecule has 0 aliphatic rings. The van der Waals surface area contributed by atoms with Gasteiger partial charge in [0.15, 0.2) is 0 Å². The van der Waals surface area contributed by atoms with E-state index >= 15 is 0 Å². The molecule has 0 aliphatic carbocycles. The highest BCUT2D eigenvalue weighted by Crippen LogP contribution is 2.32. The number of aryl methyl sites for hydroxylation is 1. The second-order valence-electron chi connectivity index (χ2n) is 2.38. The van der Waals surface area contributed by atoms with Crippen LogP contribution >= 0.6 is 38.6 Å². The monoisotopic (exact) mass is 259 g/mol.